The van der Waals surface area contributed by atoms with Gasteiger partial charge in [0.1, 0.15) is 18.3 Å². The van der Waals surface area contributed by atoms with Gasteiger partial charge in [0.05, 0.1) is 12.7 Å². The molecule has 0 aliphatic carbocycles. The number of cyclic esters (lactones) is 1. The Labute approximate surface area is 156 Å². The average Bonchev–Trinajstić information content (AvgIpc) is 2.79. The van der Waals surface area contributed by atoms with Crippen molar-refractivity contribution in [3.63, 3.8) is 0 Å². The molecule has 22 heavy (non-hydrogen) atoms. The summed E-state index contributed by atoms with van der Waals surface area (Å²) >= 11 is 7.20. The summed E-state index contributed by atoms with van der Waals surface area (Å²) in [5.74, 6) is 0.0211. The zero-order valence-electron chi connectivity index (χ0n) is 11.3. The van der Waals surface area contributed by atoms with Gasteiger partial charge in [0.2, 0.25) is 0 Å². The van der Waals surface area contributed by atoms with Crippen molar-refractivity contribution in [3.05, 3.63) is 10.7 Å². The van der Waals surface area contributed by atoms with Crippen LogP contribution in [0.1, 0.15) is 6.92 Å². The fourth-order valence-corrected chi connectivity index (χ4v) is 2.18. The second-order valence-corrected chi connectivity index (χ2v) is 5.18. The summed E-state index contributed by atoms with van der Waals surface area (Å²) in [6, 6.07) is 0. The number of hydrogen-bond donors (Lipinski definition) is 4. The first-order valence-corrected chi connectivity index (χ1v) is 7.33. The molecule has 0 saturated carbocycles. The van der Waals surface area contributed by atoms with Gasteiger partial charge in [0.25, 0.3) is 0 Å². The monoisotopic (exact) mass is 582 g/mol. The van der Waals surface area contributed by atoms with E-state index in [-0.39, 0.29) is 28.3 Å². The first kappa shape index (κ1) is 22.3. The molecular weight excluding hydrogens is 566 g/mol. The number of aliphatic hydroxyl groups excluding tert-OH is 4. The average molecular weight is 581 g/mol. The Morgan fingerprint density at radius 1 is 1.32 bits per heavy atom. The Hall–Kier alpha value is 0.290. The molecule has 4 N–H and O–H groups in total. The second-order valence-electron chi connectivity index (χ2n) is 4.22. The van der Waals surface area contributed by atoms with E-state index in [1.807, 2.05) is 0 Å². The van der Waals surface area contributed by atoms with E-state index in [1.165, 1.54) is 4.97 Å². The summed E-state index contributed by atoms with van der Waals surface area (Å²) in [5, 5.41) is 36.1. The van der Waals surface area contributed by atoms with Gasteiger partial charge in [0, 0.05) is 0 Å². The van der Waals surface area contributed by atoms with Crippen LogP contribution in [0, 0.1) is 0 Å². The van der Waals surface area contributed by atoms with Gasteiger partial charge in [-0.2, -0.15) is 0 Å². The number of rotatable bonds is 1. The van der Waals surface area contributed by atoms with Crippen LogP contribution < -0.4 is 0 Å². The predicted octanol–water partition coefficient (Wildman–Crippen LogP) is -2.70. The van der Waals surface area contributed by atoms with Crippen molar-refractivity contribution in [2.45, 2.75) is 36.8 Å². The summed E-state index contributed by atoms with van der Waals surface area (Å²) < 4.78 is 9.42. The predicted molar refractivity (Wildman–Crippen MR) is 74.2 cm³/mol. The number of ether oxygens (including phenoxy) is 2. The topological polar surface area (TPSA) is 129 Å². The molecule has 11 heteroatoms. The summed E-state index contributed by atoms with van der Waals surface area (Å²) in [6.45, 7) is 1.20. The minimum absolute atomic E-state index is 0. The van der Waals surface area contributed by atoms with E-state index in [2.05, 4.69) is 38.4 Å². The van der Waals surface area contributed by atoms with Gasteiger partial charge in [-0.3, -0.25) is 0 Å². The van der Waals surface area contributed by atoms with Crippen LogP contribution in [0.2, 0.25) is 0 Å². The molecule has 5 unspecified atom stereocenters. The molecule has 1 fully saturated rings. The van der Waals surface area contributed by atoms with Crippen molar-refractivity contribution < 1.29 is 57.1 Å². The van der Waals surface area contributed by atoms with E-state index in [1.54, 1.807) is 6.92 Å². The van der Waals surface area contributed by atoms with Crippen molar-refractivity contribution in [3.8, 4) is 0 Å². The molecule has 0 aromatic carbocycles. The van der Waals surface area contributed by atoms with E-state index in [4.69, 9.17) is 20.1 Å². The summed E-state index contributed by atoms with van der Waals surface area (Å²) in [4.78, 5) is 15.9. The van der Waals surface area contributed by atoms with Crippen LogP contribution in [0.15, 0.2) is 15.7 Å². The summed E-state index contributed by atoms with van der Waals surface area (Å²) in [5.41, 5.74) is -0.645. The van der Waals surface area contributed by atoms with Crippen molar-refractivity contribution >= 4 is 40.5 Å². The Balaban J connectivity index is 0.000000397. The summed E-state index contributed by atoms with van der Waals surface area (Å²) in [7, 11) is 0. The SMILES string of the molecule is CC1=N/C(=C/[Se])C(=O)O1.OCC1OC([S-])C(O)C(O)C1O.[Au+]. The van der Waals surface area contributed by atoms with Crippen LogP contribution in [0.3, 0.4) is 0 Å². The molecular formula is C11H15AuNO7SSe. The third-order valence-electron chi connectivity index (χ3n) is 2.69. The second kappa shape index (κ2) is 10.2. The van der Waals surface area contributed by atoms with Gasteiger partial charge >= 0.3 is 82.4 Å². The number of carbonyl (C=O) groups is 1. The first-order chi connectivity index (χ1) is 9.81. The Morgan fingerprint density at radius 2 is 1.91 bits per heavy atom. The molecule has 0 aromatic heterocycles. The molecule has 0 amide bonds. The van der Waals surface area contributed by atoms with E-state index >= 15 is 0 Å². The third kappa shape index (κ3) is 5.73. The fraction of sp³-hybridized carbons (Fsp3) is 0.636. The van der Waals surface area contributed by atoms with Crippen LogP contribution >= 0.6 is 0 Å². The number of carbonyl (C=O) groups excluding carboxylic acids is 1. The largest absolute Gasteiger partial charge is 1.00 e. The first-order valence-electron chi connectivity index (χ1n) is 5.87. The van der Waals surface area contributed by atoms with Gasteiger partial charge in [-0.25, -0.2) is 0 Å². The number of aliphatic imine (C=N–C) groups is 1. The van der Waals surface area contributed by atoms with Crippen LogP contribution in [0.4, 0.5) is 0 Å². The van der Waals surface area contributed by atoms with Gasteiger partial charge in [-0.05, 0) is 5.44 Å². The van der Waals surface area contributed by atoms with Crippen LogP contribution in [0.25, 0.3) is 0 Å². The quantitative estimate of drug-likeness (QED) is 0.114. The molecule has 0 aromatic rings. The molecule has 2 aliphatic rings. The molecule has 0 spiro atoms. The van der Waals surface area contributed by atoms with E-state index in [0.717, 1.165) is 0 Å². The molecule has 1 saturated heterocycles. The third-order valence-corrected chi connectivity index (χ3v) is 3.55. The van der Waals surface area contributed by atoms with Gasteiger partial charge in [0.15, 0.2) is 0 Å². The summed E-state index contributed by atoms with van der Waals surface area (Å²) in [6.07, 6.45) is -4.83. The Morgan fingerprint density at radius 3 is 2.27 bits per heavy atom. The number of aliphatic hydroxyl groups is 4. The molecule has 2 aliphatic heterocycles. The standard InChI is InChI=1S/C6H12O5S.C5H4NO2Se.Au/c7-1-2-3(8)4(9)5(10)6(12)11-2;1-3-6-4(2-9)5(7)8-3;/h2-10,12H,1H2;2H,1H3;/q;;+1/p-1/b;4-2+;. The molecule has 1 radical (unpaired) electrons. The minimum atomic E-state index is -1.35. The minimum Gasteiger partial charge on any atom is -0.759 e. The van der Waals surface area contributed by atoms with Crippen LogP contribution in [0.5, 0.6) is 0 Å². The van der Waals surface area contributed by atoms with Crippen LogP contribution in [-0.2, 0) is 49.3 Å². The normalized spacial score (nSPS) is 35.9. The van der Waals surface area contributed by atoms with E-state index < -0.39 is 36.5 Å². The molecule has 2 rings (SSSR count). The zero-order valence-corrected chi connectivity index (χ0v) is 15.9. The Kier molecular flexibility index (Phi) is 10.4. The zero-order chi connectivity index (χ0) is 16.2. The Bertz CT molecular complexity index is 445. The fourth-order valence-electron chi connectivity index (χ4n) is 1.57. The molecule has 5 atom stereocenters. The van der Waals surface area contributed by atoms with Gasteiger partial charge in [-0.1, -0.05) is 0 Å². The van der Waals surface area contributed by atoms with Crippen LogP contribution in [-0.4, -0.2) is 84.8 Å². The number of hydrogen-bond acceptors (Lipinski definition) is 9. The maximum absolute atomic E-state index is 10.6. The number of esters is 1. The molecule has 2 heterocycles. The molecule has 129 valence electrons. The molecule has 8 nitrogen and oxygen atoms in total. The molecule has 0 bridgehead atoms. The van der Waals surface area contributed by atoms with Gasteiger partial charge in [-0.15, -0.1) is 0 Å². The van der Waals surface area contributed by atoms with E-state index in [0.29, 0.717) is 11.6 Å². The van der Waals surface area contributed by atoms with Crippen molar-refractivity contribution in [1.29, 1.82) is 0 Å². The van der Waals surface area contributed by atoms with Crippen molar-refractivity contribution in [2.24, 2.45) is 4.99 Å². The smallest absolute Gasteiger partial charge is 0.759 e. The van der Waals surface area contributed by atoms with Gasteiger partial charge < -0.3 is 37.8 Å². The number of nitrogens with zero attached hydrogens (tertiary/aromatic N) is 1. The van der Waals surface area contributed by atoms with E-state index in [9.17, 15) is 9.90 Å². The van der Waals surface area contributed by atoms with Crippen molar-refractivity contribution in [1.82, 2.24) is 0 Å². The maximum Gasteiger partial charge on any atom is 1.00 e. The van der Waals surface area contributed by atoms with Crippen molar-refractivity contribution in [2.75, 3.05) is 6.61 Å². The maximum atomic E-state index is 10.6.